The van der Waals surface area contributed by atoms with Crippen LogP contribution < -0.4 is 56.5 Å². The van der Waals surface area contributed by atoms with Gasteiger partial charge in [-0.15, -0.1) is 12.3 Å². The van der Waals surface area contributed by atoms with E-state index < -0.39 is 11.7 Å². The second-order valence-corrected chi connectivity index (χ2v) is 1.52. The van der Waals surface area contributed by atoms with E-state index >= 15 is 0 Å². The van der Waals surface area contributed by atoms with E-state index in [0.717, 1.165) is 0 Å². The smallest absolute Gasteiger partial charge is 0.875 e. The van der Waals surface area contributed by atoms with Gasteiger partial charge in [-0.3, -0.25) is 4.79 Å². The minimum Gasteiger partial charge on any atom is -0.875 e. The summed E-state index contributed by atoms with van der Waals surface area (Å²) in [6.07, 6.45) is -0.214. The SMILES string of the molecule is C=C([O-])CC(=O)OCC.[K+]. The van der Waals surface area contributed by atoms with Gasteiger partial charge in [-0.1, -0.05) is 0 Å². The Morgan fingerprint density at radius 3 is 2.50 bits per heavy atom. The monoisotopic (exact) mass is 168 g/mol. The Balaban J connectivity index is 0. The van der Waals surface area contributed by atoms with Crippen molar-refractivity contribution in [3.05, 3.63) is 12.3 Å². The van der Waals surface area contributed by atoms with Crippen LogP contribution in [0.4, 0.5) is 0 Å². The van der Waals surface area contributed by atoms with Gasteiger partial charge < -0.3 is 9.84 Å². The van der Waals surface area contributed by atoms with E-state index in [9.17, 15) is 9.90 Å². The average Bonchev–Trinajstić information content (AvgIpc) is 1.63. The Labute approximate surface area is 103 Å². The molecule has 0 N–H and O–H groups in total. The van der Waals surface area contributed by atoms with Crippen LogP contribution in [0.1, 0.15) is 13.3 Å². The summed E-state index contributed by atoms with van der Waals surface area (Å²) in [5, 5.41) is 10.1. The number of hydrogen-bond acceptors (Lipinski definition) is 3. The fourth-order valence-corrected chi connectivity index (χ4v) is 0.373. The molecule has 0 aromatic heterocycles. The molecule has 0 aromatic carbocycles. The van der Waals surface area contributed by atoms with Crippen molar-refractivity contribution in [2.45, 2.75) is 13.3 Å². The maximum atomic E-state index is 10.4. The van der Waals surface area contributed by atoms with Crippen molar-refractivity contribution in [2.75, 3.05) is 6.61 Å². The molecule has 0 rings (SSSR count). The first kappa shape index (κ1) is 13.3. The summed E-state index contributed by atoms with van der Waals surface area (Å²) in [6.45, 7) is 5.02. The third-order valence-electron chi connectivity index (χ3n) is 0.647. The van der Waals surface area contributed by atoms with Crippen LogP contribution in [-0.2, 0) is 9.53 Å². The van der Waals surface area contributed by atoms with Crippen molar-refractivity contribution in [3.8, 4) is 0 Å². The van der Waals surface area contributed by atoms with Crippen LogP contribution in [-0.4, -0.2) is 12.6 Å². The van der Waals surface area contributed by atoms with E-state index in [1.807, 2.05) is 0 Å². The molecule has 0 spiro atoms. The number of esters is 1. The molecular weight excluding hydrogens is 159 g/mol. The topological polar surface area (TPSA) is 49.4 Å². The van der Waals surface area contributed by atoms with Crippen LogP contribution in [0.5, 0.6) is 0 Å². The Hall–Kier alpha value is 0.646. The zero-order chi connectivity index (χ0) is 7.28. The Morgan fingerprint density at radius 1 is 1.70 bits per heavy atom. The Morgan fingerprint density at radius 2 is 2.20 bits per heavy atom. The molecule has 0 saturated heterocycles. The van der Waals surface area contributed by atoms with Crippen molar-refractivity contribution >= 4 is 5.97 Å². The zero-order valence-corrected chi connectivity index (χ0v) is 9.47. The summed E-state index contributed by atoms with van der Waals surface area (Å²) < 4.78 is 4.45. The minimum absolute atomic E-state index is 0. The molecule has 0 saturated carbocycles. The van der Waals surface area contributed by atoms with Gasteiger partial charge in [0.1, 0.15) is 0 Å². The van der Waals surface area contributed by atoms with Crippen LogP contribution in [0.3, 0.4) is 0 Å². The van der Waals surface area contributed by atoms with Gasteiger partial charge in [0.15, 0.2) is 0 Å². The predicted octanol–water partition coefficient (Wildman–Crippen LogP) is -3.18. The third-order valence-corrected chi connectivity index (χ3v) is 0.647. The first-order valence-electron chi connectivity index (χ1n) is 2.67. The summed E-state index contributed by atoms with van der Waals surface area (Å²) >= 11 is 0. The van der Waals surface area contributed by atoms with Crippen LogP contribution in [0.25, 0.3) is 0 Å². The minimum atomic E-state index is -0.502. The van der Waals surface area contributed by atoms with Gasteiger partial charge >= 0.3 is 57.4 Å². The summed E-state index contributed by atoms with van der Waals surface area (Å²) in [4.78, 5) is 10.4. The van der Waals surface area contributed by atoms with E-state index in [1.54, 1.807) is 6.92 Å². The number of ether oxygens (including phenoxy) is 1. The van der Waals surface area contributed by atoms with Crippen molar-refractivity contribution in [3.63, 3.8) is 0 Å². The maximum Gasteiger partial charge on any atom is 1.00 e. The fourth-order valence-electron chi connectivity index (χ4n) is 0.373. The summed E-state index contributed by atoms with van der Waals surface area (Å²) in [5.74, 6) is -0.911. The molecule has 0 unspecified atom stereocenters. The number of hydrogen-bond donors (Lipinski definition) is 0. The summed E-state index contributed by atoms with van der Waals surface area (Å²) in [5.41, 5.74) is 0. The van der Waals surface area contributed by atoms with Crippen molar-refractivity contribution in [2.24, 2.45) is 0 Å². The molecular formula is C6H9KO3. The normalized spacial score (nSPS) is 7.70. The van der Waals surface area contributed by atoms with Crippen LogP contribution >= 0.6 is 0 Å². The molecule has 0 amide bonds. The van der Waals surface area contributed by atoms with Gasteiger partial charge in [0, 0.05) is 0 Å². The van der Waals surface area contributed by atoms with Gasteiger partial charge in [-0.2, -0.15) is 0 Å². The van der Waals surface area contributed by atoms with E-state index in [1.165, 1.54) is 0 Å². The Kier molecular flexibility index (Phi) is 10.3. The number of carbonyl (C=O) groups excluding carboxylic acids is 1. The van der Waals surface area contributed by atoms with E-state index in [0.29, 0.717) is 6.61 Å². The summed E-state index contributed by atoms with van der Waals surface area (Å²) in [7, 11) is 0. The molecule has 0 atom stereocenters. The molecule has 0 heterocycles. The molecule has 0 radical (unpaired) electrons. The quantitative estimate of drug-likeness (QED) is 0.253. The fraction of sp³-hybridized carbons (Fsp3) is 0.500. The van der Waals surface area contributed by atoms with Crippen LogP contribution in [0.15, 0.2) is 12.3 Å². The molecule has 4 heteroatoms. The van der Waals surface area contributed by atoms with Gasteiger partial charge in [-0.05, 0) is 6.92 Å². The molecule has 0 aliphatic rings. The largest absolute Gasteiger partial charge is 1.00 e. The molecule has 0 aliphatic heterocycles. The number of carbonyl (C=O) groups is 1. The zero-order valence-electron chi connectivity index (χ0n) is 6.35. The molecule has 0 aromatic rings. The second kappa shape index (κ2) is 7.75. The molecule has 0 bridgehead atoms. The third kappa shape index (κ3) is 8.65. The Bertz CT molecular complexity index is 122. The predicted molar refractivity (Wildman–Crippen MR) is 30.4 cm³/mol. The van der Waals surface area contributed by atoms with Crippen molar-refractivity contribution in [1.29, 1.82) is 0 Å². The van der Waals surface area contributed by atoms with Crippen molar-refractivity contribution in [1.82, 2.24) is 0 Å². The van der Waals surface area contributed by atoms with E-state index in [2.05, 4.69) is 11.3 Å². The molecule has 3 nitrogen and oxygen atoms in total. The molecule has 0 fully saturated rings. The van der Waals surface area contributed by atoms with Gasteiger partial charge in [0.05, 0.1) is 13.0 Å². The van der Waals surface area contributed by atoms with Gasteiger partial charge in [-0.25, -0.2) is 0 Å². The number of rotatable bonds is 3. The molecule has 10 heavy (non-hydrogen) atoms. The van der Waals surface area contributed by atoms with Crippen LogP contribution in [0.2, 0.25) is 0 Å². The first-order valence-corrected chi connectivity index (χ1v) is 2.67. The van der Waals surface area contributed by atoms with E-state index in [-0.39, 0.29) is 57.8 Å². The molecule has 52 valence electrons. The first-order chi connectivity index (χ1) is 4.16. The van der Waals surface area contributed by atoms with Crippen LogP contribution in [0, 0.1) is 0 Å². The van der Waals surface area contributed by atoms with Gasteiger partial charge in [0.25, 0.3) is 0 Å². The van der Waals surface area contributed by atoms with E-state index in [4.69, 9.17) is 0 Å². The van der Waals surface area contributed by atoms with Crippen molar-refractivity contribution < 1.29 is 66.0 Å². The molecule has 0 aliphatic carbocycles. The summed E-state index contributed by atoms with van der Waals surface area (Å²) in [6, 6.07) is 0. The van der Waals surface area contributed by atoms with Gasteiger partial charge in [0.2, 0.25) is 0 Å². The average molecular weight is 168 g/mol. The second-order valence-electron chi connectivity index (χ2n) is 1.52. The maximum absolute atomic E-state index is 10.4. The standard InChI is InChI=1S/C6H10O3.K/c1-3-9-6(8)4-5(2)7;/h7H,2-4H2,1H3;/q;+1/p-1.